The van der Waals surface area contributed by atoms with Gasteiger partial charge in [0.2, 0.25) is 0 Å². The summed E-state index contributed by atoms with van der Waals surface area (Å²) in [7, 11) is 2.11. The van der Waals surface area contributed by atoms with Crippen molar-refractivity contribution in [3.63, 3.8) is 0 Å². The number of hydrogen-bond acceptors (Lipinski definition) is 6. The van der Waals surface area contributed by atoms with Crippen LogP contribution in [0.4, 0.5) is 21.9 Å². The third kappa shape index (κ3) is 4.59. The second-order valence-electron chi connectivity index (χ2n) is 8.35. The van der Waals surface area contributed by atoms with Crippen molar-refractivity contribution < 1.29 is 14.3 Å². The molecule has 0 radical (unpaired) electrons. The summed E-state index contributed by atoms with van der Waals surface area (Å²) in [5.74, 6) is 0.177. The first-order valence-corrected chi connectivity index (χ1v) is 10.6. The van der Waals surface area contributed by atoms with E-state index in [1.54, 1.807) is 12.1 Å². The molecule has 8 heteroatoms. The van der Waals surface area contributed by atoms with Crippen LogP contribution < -0.4 is 21.7 Å². The van der Waals surface area contributed by atoms with E-state index < -0.39 is 6.09 Å². The van der Waals surface area contributed by atoms with E-state index in [2.05, 4.69) is 22.2 Å². The first-order valence-electron chi connectivity index (χ1n) is 10.6. The Bertz CT molecular complexity index is 948. The van der Waals surface area contributed by atoms with Crippen LogP contribution in [0.25, 0.3) is 0 Å². The second kappa shape index (κ2) is 8.85. The lowest BCUT2D eigenvalue weighted by molar-refractivity contribution is 0.0890. The molecule has 2 aliphatic heterocycles. The molecule has 0 aliphatic carbocycles. The zero-order valence-corrected chi connectivity index (χ0v) is 17.7. The lowest BCUT2D eigenvalue weighted by atomic mass is 9.94. The van der Waals surface area contributed by atoms with Crippen molar-refractivity contribution in [3.05, 3.63) is 54.1 Å². The maximum absolute atomic E-state index is 12.6. The molecular weight excluding hydrogens is 394 g/mol. The Morgan fingerprint density at radius 1 is 1.06 bits per heavy atom. The normalized spacial score (nSPS) is 23.6. The summed E-state index contributed by atoms with van der Waals surface area (Å²) >= 11 is 0. The first-order chi connectivity index (χ1) is 14.9. The number of ether oxygens (including phenoxy) is 1. The molecule has 2 amide bonds. The number of primary amides is 1. The highest BCUT2D eigenvalue weighted by Gasteiger charge is 2.43. The summed E-state index contributed by atoms with van der Waals surface area (Å²) in [4.78, 5) is 28.6. The van der Waals surface area contributed by atoms with E-state index >= 15 is 0 Å². The number of likely N-dealkylation sites (tertiary alicyclic amines) is 1. The lowest BCUT2D eigenvalue weighted by Crippen LogP contribution is -2.44. The smallest absolute Gasteiger partial charge is 0.404 e. The Morgan fingerprint density at radius 2 is 1.81 bits per heavy atom. The number of rotatable bonds is 5. The molecule has 3 atom stereocenters. The number of nitrogens with two attached hydrogens (primary N) is 2. The fourth-order valence-electron chi connectivity index (χ4n) is 4.78. The van der Waals surface area contributed by atoms with Gasteiger partial charge in [-0.05, 0) is 62.3 Å². The molecule has 0 saturated carbocycles. The van der Waals surface area contributed by atoms with Gasteiger partial charge in [-0.15, -0.1) is 0 Å². The topological polar surface area (TPSA) is 114 Å². The van der Waals surface area contributed by atoms with E-state index in [0.717, 1.165) is 38.2 Å². The van der Waals surface area contributed by atoms with Crippen molar-refractivity contribution in [1.82, 2.24) is 4.90 Å². The minimum atomic E-state index is -0.726. The molecule has 0 aromatic heterocycles. The fourth-order valence-corrected chi connectivity index (χ4v) is 4.78. The van der Waals surface area contributed by atoms with Crippen LogP contribution in [0.5, 0.6) is 0 Å². The number of carbonyl (C=O) groups excluding carboxylic acids is 2. The number of nitrogen functional groups attached to an aromatic ring is 1. The number of benzene rings is 2. The van der Waals surface area contributed by atoms with Crippen LogP contribution in [0.3, 0.4) is 0 Å². The Balaban J connectivity index is 1.51. The van der Waals surface area contributed by atoms with Gasteiger partial charge in [0.15, 0.2) is 0 Å². The average Bonchev–Trinajstić information content (AvgIpc) is 3.35. The molecule has 1 unspecified atom stereocenters. The number of carbonyl (C=O) groups is 2. The summed E-state index contributed by atoms with van der Waals surface area (Å²) in [6, 6.07) is 14.8. The number of hydrogen-bond donors (Lipinski definition) is 3. The molecule has 8 nitrogen and oxygen atoms in total. The van der Waals surface area contributed by atoms with Gasteiger partial charge in [0, 0.05) is 30.8 Å². The number of para-hydroxylation sites is 2. The van der Waals surface area contributed by atoms with Gasteiger partial charge in [0.05, 0.1) is 17.4 Å². The van der Waals surface area contributed by atoms with E-state index in [1.807, 2.05) is 36.4 Å². The molecule has 0 spiro atoms. The van der Waals surface area contributed by atoms with Gasteiger partial charge in [-0.2, -0.15) is 0 Å². The Morgan fingerprint density at radius 3 is 2.45 bits per heavy atom. The third-order valence-electron chi connectivity index (χ3n) is 6.24. The van der Waals surface area contributed by atoms with Crippen LogP contribution in [-0.4, -0.2) is 55.7 Å². The van der Waals surface area contributed by atoms with Gasteiger partial charge < -0.3 is 31.3 Å². The van der Waals surface area contributed by atoms with Gasteiger partial charge in [-0.25, -0.2) is 4.79 Å². The Kier molecular flexibility index (Phi) is 5.99. The predicted octanol–water partition coefficient (Wildman–Crippen LogP) is 2.52. The van der Waals surface area contributed by atoms with Crippen LogP contribution >= 0.6 is 0 Å². The maximum Gasteiger partial charge on any atom is 0.404 e. The predicted molar refractivity (Wildman–Crippen MR) is 121 cm³/mol. The quantitative estimate of drug-likeness (QED) is 0.637. The van der Waals surface area contributed by atoms with E-state index in [1.165, 1.54) is 0 Å². The Labute approximate surface area is 182 Å². The molecule has 164 valence electrons. The van der Waals surface area contributed by atoms with E-state index in [4.69, 9.17) is 16.2 Å². The summed E-state index contributed by atoms with van der Waals surface area (Å²) in [5, 5.41) is 2.85. The van der Waals surface area contributed by atoms with Crippen molar-refractivity contribution in [1.29, 1.82) is 0 Å². The lowest BCUT2D eigenvalue weighted by Gasteiger charge is -2.34. The van der Waals surface area contributed by atoms with Crippen LogP contribution in [0.1, 0.15) is 23.2 Å². The molecule has 2 heterocycles. The summed E-state index contributed by atoms with van der Waals surface area (Å²) in [5.41, 5.74) is 13.9. The third-order valence-corrected chi connectivity index (χ3v) is 6.24. The molecule has 2 aromatic carbocycles. The van der Waals surface area contributed by atoms with Crippen molar-refractivity contribution in [3.8, 4) is 0 Å². The SMILES string of the molecule is CN1CC[C@H]([C@@H]2C(OC(N)=O)CCN2c2ccc(C(=O)Nc3ccccc3N)cc2)C1. The summed E-state index contributed by atoms with van der Waals surface area (Å²) in [6.07, 6.45) is 0.840. The molecule has 2 aromatic rings. The number of anilines is 3. The van der Waals surface area contributed by atoms with Gasteiger partial charge in [-0.1, -0.05) is 12.1 Å². The maximum atomic E-state index is 12.6. The van der Waals surface area contributed by atoms with Crippen molar-refractivity contribution in [2.75, 3.05) is 42.6 Å². The fraction of sp³-hybridized carbons (Fsp3) is 0.391. The van der Waals surface area contributed by atoms with Crippen LogP contribution in [0.2, 0.25) is 0 Å². The van der Waals surface area contributed by atoms with Gasteiger partial charge in [0.25, 0.3) is 5.91 Å². The van der Waals surface area contributed by atoms with Crippen LogP contribution in [0, 0.1) is 5.92 Å². The van der Waals surface area contributed by atoms with Gasteiger partial charge in [-0.3, -0.25) is 4.79 Å². The minimum absolute atomic E-state index is 0.0706. The molecule has 2 fully saturated rings. The summed E-state index contributed by atoms with van der Waals surface area (Å²) in [6.45, 7) is 2.76. The van der Waals surface area contributed by atoms with E-state index in [0.29, 0.717) is 22.9 Å². The van der Waals surface area contributed by atoms with Gasteiger partial charge in [0.1, 0.15) is 6.10 Å². The van der Waals surface area contributed by atoms with Crippen LogP contribution in [-0.2, 0) is 4.74 Å². The van der Waals surface area contributed by atoms with E-state index in [9.17, 15) is 9.59 Å². The second-order valence-corrected chi connectivity index (χ2v) is 8.35. The standard InChI is InChI=1S/C23H29N5O3/c1-27-12-10-16(14-27)21-20(31-23(25)30)11-13-28(21)17-8-6-15(7-9-17)22(29)26-19-5-3-2-4-18(19)24/h2-9,16,20-21H,10-14,24H2,1H3,(H2,25,30)(H,26,29)/t16-,20?,21+/m0/s1. The van der Waals surface area contributed by atoms with Gasteiger partial charge >= 0.3 is 6.09 Å². The van der Waals surface area contributed by atoms with Crippen molar-refractivity contribution in [2.24, 2.45) is 11.7 Å². The molecule has 2 saturated heterocycles. The molecule has 0 bridgehead atoms. The minimum Gasteiger partial charge on any atom is -0.444 e. The van der Waals surface area contributed by atoms with Crippen molar-refractivity contribution in [2.45, 2.75) is 25.0 Å². The average molecular weight is 424 g/mol. The molecule has 4 rings (SSSR count). The van der Waals surface area contributed by atoms with Crippen LogP contribution in [0.15, 0.2) is 48.5 Å². The number of amides is 2. The molecule has 2 aliphatic rings. The number of nitrogens with zero attached hydrogens (tertiary/aromatic N) is 2. The highest BCUT2D eigenvalue weighted by atomic mass is 16.6. The highest BCUT2D eigenvalue weighted by Crippen LogP contribution is 2.35. The Hall–Kier alpha value is -3.26. The zero-order chi connectivity index (χ0) is 22.0. The largest absolute Gasteiger partial charge is 0.444 e. The highest BCUT2D eigenvalue weighted by molar-refractivity contribution is 6.05. The first kappa shape index (κ1) is 21.0. The molecular formula is C23H29N5O3. The zero-order valence-electron chi connectivity index (χ0n) is 17.7. The summed E-state index contributed by atoms with van der Waals surface area (Å²) < 4.78 is 5.47. The van der Waals surface area contributed by atoms with Crippen molar-refractivity contribution >= 4 is 29.1 Å². The monoisotopic (exact) mass is 423 g/mol. The van der Waals surface area contributed by atoms with E-state index in [-0.39, 0.29) is 18.1 Å². The molecule has 5 N–H and O–H groups in total. The molecule has 31 heavy (non-hydrogen) atoms. The number of nitrogens with one attached hydrogen (secondary N) is 1.